The van der Waals surface area contributed by atoms with Crippen molar-refractivity contribution in [3.63, 3.8) is 0 Å². The molecule has 0 atom stereocenters. The third-order valence-corrected chi connectivity index (χ3v) is 2.78. The molecule has 92 valence electrons. The molecule has 0 radical (unpaired) electrons. The lowest BCUT2D eigenvalue weighted by Gasteiger charge is -2.03. The van der Waals surface area contributed by atoms with E-state index in [2.05, 4.69) is 0 Å². The molecule has 0 aromatic heterocycles. The highest BCUT2D eigenvalue weighted by Crippen LogP contribution is 2.24. The molecule has 2 rings (SSSR count). The van der Waals surface area contributed by atoms with Crippen molar-refractivity contribution in [3.8, 4) is 11.1 Å². The van der Waals surface area contributed by atoms with Gasteiger partial charge in [0.2, 0.25) is 0 Å². The molecule has 0 aliphatic heterocycles. The first-order valence-electron chi connectivity index (χ1n) is 5.74. The van der Waals surface area contributed by atoms with E-state index in [0.29, 0.717) is 6.54 Å². The first-order chi connectivity index (χ1) is 8.70. The lowest BCUT2D eigenvalue weighted by Crippen LogP contribution is -2.02. The summed E-state index contributed by atoms with van der Waals surface area (Å²) in [6.07, 6.45) is 0.842. The molecule has 4 heteroatoms. The van der Waals surface area contributed by atoms with Gasteiger partial charge in [-0.2, -0.15) is 0 Å². The summed E-state index contributed by atoms with van der Waals surface area (Å²) in [6.45, 7) is 0.621. The van der Waals surface area contributed by atoms with Gasteiger partial charge in [0.1, 0.15) is 0 Å². The molecule has 2 aromatic rings. The largest absolute Gasteiger partial charge is 0.330 e. The molecule has 0 saturated carbocycles. The Labute approximate surface area is 105 Å². The summed E-state index contributed by atoms with van der Waals surface area (Å²) in [6, 6.07) is 14.6. The van der Waals surface area contributed by atoms with Gasteiger partial charge >= 0.3 is 0 Å². The molecule has 4 nitrogen and oxygen atoms in total. The maximum absolute atomic E-state index is 10.7. The summed E-state index contributed by atoms with van der Waals surface area (Å²) in [5, 5.41) is 10.7. The fourth-order valence-corrected chi connectivity index (χ4v) is 1.83. The van der Waals surface area contributed by atoms with Crippen molar-refractivity contribution in [1.29, 1.82) is 0 Å². The quantitative estimate of drug-likeness (QED) is 0.662. The van der Waals surface area contributed by atoms with Gasteiger partial charge in [0, 0.05) is 12.1 Å². The van der Waals surface area contributed by atoms with E-state index in [4.69, 9.17) is 5.73 Å². The number of nitro benzene ring substituents is 1. The van der Waals surface area contributed by atoms with Crippen molar-refractivity contribution in [3.05, 3.63) is 64.2 Å². The zero-order valence-corrected chi connectivity index (χ0v) is 9.87. The number of non-ortho nitro benzene ring substituents is 1. The number of nitro groups is 1. The monoisotopic (exact) mass is 242 g/mol. The summed E-state index contributed by atoms with van der Waals surface area (Å²) in [5.41, 5.74) is 8.59. The highest BCUT2D eigenvalue weighted by atomic mass is 16.6. The molecule has 0 aliphatic rings. The van der Waals surface area contributed by atoms with Crippen molar-refractivity contribution in [2.45, 2.75) is 6.42 Å². The van der Waals surface area contributed by atoms with Crippen LogP contribution in [0.5, 0.6) is 0 Å². The summed E-state index contributed by atoms with van der Waals surface area (Å²) in [4.78, 5) is 10.3. The Bertz CT molecular complexity index is 550. The molecule has 18 heavy (non-hydrogen) atoms. The number of nitrogens with two attached hydrogens (primary N) is 1. The van der Waals surface area contributed by atoms with E-state index in [9.17, 15) is 10.1 Å². The third kappa shape index (κ3) is 2.73. The molecule has 0 bridgehead atoms. The van der Waals surface area contributed by atoms with E-state index in [-0.39, 0.29) is 10.6 Å². The number of nitrogens with zero attached hydrogens (tertiary/aromatic N) is 1. The lowest BCUT2D eigenvalue weighted by molar-refractivity contribution is -0.384. The highest BCUT2D eigenvalue weighted by molar-refractivity contribution is 5.66. The average Bonchev–Trinajstić information content (AvgIpc) is 2.40. The van der Waals surface area contributed by atoms with Crippen molar-refractivity contribution < 1.29 is 4.92 Å². The molecule has 0 aliphatic carbocycles. The normalized spacial score (nSPS) is 10.3. The number of hydrogen-bond donors (Lipinski definition) is 1. The fourth-order valence-electron chi connectivity index (χ4n) is 1.83. The summed E-state index contributed by atoms with van der Waals surface area (Å²) >= 11 is 0. The van der Waals surface area contributed by atoms with Crippen molar-refractivity contribution in [2.75, 3.05) is 6.54 Å². The van der Waals surface area contributed by atoms with E-state index < -0.39 is 0 Å². The fraction of sp³-hybridized carbons (Fsp3) is 0.143. The van der Waals surface area contributed by atoms with Gasteiger partial charge in [-0.05, 0) is 29.7 Å². The predicted octanol–water partition coefficient (Wildman–Crippen LogP) is 2.76. The lowest BCUT2D eigenvalue weighted by atomic mass is 10.0. The summed E-state index contributed by atoms with van der Waals surface area (Å²) in [5.74, 6) is 0. The van der Waals surface area contributed by atoms with Crippen LogP contribution in [0.15, 0.2) is 48.5 Å². The van der Waals surface area contributed by atoms with Crippen molar-refractivity contribution >= 4 is 5.69 Å². The SMILES string of the molecule is NCCc1ccc(-c2cccc([N+](=O)[O-])c2)cc1. The molecular weight excluding hydrogens is 228 g/mol. The Hall–Kier alpha value is -2.20. The van der Waals surface area contributed by atoms with Crippen molar-refractivity contribution in [1.82, 2.24) is 0 Å². The second kappa shape index (κ2) is 5.42. The molecule has 0 amide bonds. The van der Waals surface area contributed by atoms with Gasteiger partial charge in [0.15, 0.2) is 0 Å². The molecule has 0 heterocycles. The average molecular weight is 242 g/mol. The number of benzene rings is 2. The summed E-state index contributed by atoms with van der Waals surface area (Å²) in [7, 11) is 0. The van der Waals surface area contributed by atoms with Crippen LogP contribution in [0.3, 0.4) is 0 Å². The van der Waals surface area contributed by atoms with Gasteiger partial charge in [-0.3, -0.25) is 10.1 Å². The van der Waals surface area contributed by atoms with Crippen LogP contribution >= 0.6 is 0 Å². The van der Waals surface area contributed by atoms with Gasteiger partial charge in [0.05, 0.1) is 4.92 Å². The second-order valence-corrected chi connectivity index (χ2v) is 4.04. The maximum atomic E-state index is 10.7. The van der Waals surface area contributed by atoms with E-state index in [1.807, 2.05) is 30.3 Å². The molecule has 0 unspecified atom stereocenters. The molecule has 2 aromatic carbocycles. The van der Waals surface area contributed by atoms with Crippen LogP contribution in [-0.4, -0.2) is 11.5 Å². The zero-order chi connectivity index (χ0) is 13.0. The highest BCUT2D eigenvalue weighted by Gasteiger charge is 2.06. The van der Waals surface area contributed by atoms with Gasteiger partial charge < -0.3 is 5.73 Å². The van der Waals surface area contributed by atoms with E-state index in [1.54, 1.807) is 12.1 Å². The Morgan fingerprint density at radius 1 is 1.06 bits per heavy atom. The number of rotatable bonds is 4. The molecule has 0 fully saturated rings. The van der Waals surface area contributed by atoms with Crippen LogP contribution in [0, 0.1) is 10.1 Å². The van der Waals surface area contributed by atoms with Crippen LogP contribution in [0.2, 0.25) is 0 Å². The van der Waals surface area contributed by atoms with Crippen LogP contribution < -0.4 is 5.73 Å². The summed E-state index contributed by atoms with van der Waals surface area (Å²) < 4.78 is 0. The van der Waals surface area contributed by atoms with Gasteiger partial charge in [-0.15, -0.1) is 0 Å². The van der Waals surface area contributed by atoms with E-state index >= 15 is 0 Å². The van der Waals surface area contributed by atoms with E-state index in [0.717, 1.165) is 17.5 Å². The molecule has 0 saturated heterocycles. The standard InChI is InChI=1S/C14H14N2O2/c15-9-8-11-4-6-12(7-5-11)13-2-1-3-14(10-13)16(17)18/h1-7,10H,8-9,15H2. The van der Waals surface area contributed by atoms with Gasteiger partial charge in [-0.1, -0.05) is 36.4 Å². The first-order valence-corrected chi connectivity index (χ1v) is 5.74. The number of hydrogen-bond acceptors (Lipinski definition) is 3. The van der Waals surface area contributed by atoms with Crippen LogP contribution in [-0.2, 0) is 6.42 Å². The van der Waals surface area contributed by atoms with Gasteiger partial charge in [0.25, 0.3) is 5.69 Å². The molecule has 2 N–H and O–H groups in total. The topological polar surface area (TPSA) is 69.2 Å². The minimum Gasteiger partial charge on any atom is -0.330 e. The van der Waals surface area contributed by atoms with Crippen LogP contribution in [0.1, 0.15) is 5.56 Å². The molecular formula is C14H14N2O2. The third-order valence-electron chi connectivity index (χ3n) is 2.78. The Balaban J connectivity index is 2.30. The van der Waals surface area contributed by atoms with Gasteiger partial charge in [-0.25, -0.2) is 0 Å². The van der Waals surface area contributed by atoms with E-state index in [1.165, 1.54) is 11.6 Å². The Kier molecular flexibility index (Phi) is 3.69. The Morgan fingerprint density at radius 3 is 2.39 bits per heavy atom. The van der Waals surface area contributed by atoms with Crippen LogP contribution in [0.25, 0.3) is 11.1 Å². The van der Waals surface area contributed by atoms with Crippen molar-refractivity contribution in [2.24, 2.45) is 5.73 Å². The smallest absolute Gasteiger partial charge is 0.270 e. The first kappa shape index (κ1) is 12.3. The molecule has 0 spiro atoms. The Morgan fingerprint density at radius 2 is 1.78 bits per heavy atom. The minimum absolute atomic E-state index is 0.110. The maximum Gasteiger partial charge on any atom is 0.270 e. The van der Waals surface area contributed by atoms with Crippen LogP contribution in [0.4, 0.5) is 5.69 Å². The zero-order valence-electron chi connectivity index (χ0n) is 9.87. The second-order valence-electron chi connectivity index (χ2n) is 4.04. The predicted molar refractivity (Wildman–Crippen MR) is 71.3 cm³/mol. The minimum atomic E-state index is -0.383.